The first-order valence-electron chi connectivity index (χ1n) is 12.7. The van der Waals surface area contributed by atoms with Gasteiger partial charge >= 0.3 is 0 Å². The average molecular weight is 532 g/mol. The Morgan fingerprint density at radius 3 is 2.19 bits per heavy atom. The molecular formula is C28H38FN3O4S. The van der Waals surface area contributed by atoms with Crippen LogP contribution in [0.4, 0.5) is 10.1 Å². The number of anilines is 1. The number of hydrogen-bond acceptors (Lipinski definition) is 4. The van der Waals surface area contributed by atoms with E-state index in [2.05, 4.69) is 26.1 Å². The number of hydrogen-bond donors (Lipinski definition) is 1. The lowest BCUT2D eigenvalue weighted by atomic mass is 9.87. The van der Waals surface area contributed by atoms with Gasteiger partial charge in [0.05, 0.1) is 11.9 Å². The van der Waals surface area contributed by atoms with Crippen LogP contribution in [0.25, 0.3) is 0 Å². The Morgan fingerprint density at radius 1 is 1.05 bits per heavy atom. The molecule has 3 rings (SSSR count). The molecule has 1 aliphatic rings. The molecule has 0 bridgehead atoms. The molecule has 0 spiro atoms. The van der Waals surface area contributed by atoms with Crippen molar-refractivity contribution >= 4 is 27.5 Å². The summed E-state index contributed by atoms with van der Waals surface area (Å²) in [5.41, 5.74) is 1.49. The normalized spacial score (nSPS) is 15.3. The van der Waals surface area contributed by atoms with Crippen molar-refractivity contribution in [1.82, 2.24) is 10.2 Å². The van der Waals surface area contributed by atoms with Gasteiger partial charge in [0.2, 0.25) is 21.8 Å². The van der Waals surface area contributed by atoms with Crippen molar-refractivity contribution in [1.29, 1.82) is 0 Å². The molecule has 2 aromatic rings. The fraction of sp³-hybridized carbons (Fsp3) is 0.500. The SMILES string of the molecule is CC(C(=O)NC1CCCC1)N(Cc1ccccc1F)C(=O)CN(c1ccc(C(C)(C)C)cc1)S(C)(=O)=O. The van der Waals surface area contributed by atoms with Gasteiger partial charge in [-0.2, -0.15) is 0 Å². The van der Waals surface area contributed by atoms with Crippen molar-refractivity contribution in [3.8, 4) is 0 Å². The van der Waals surface area contributed by atoms with Gasteiger partial charge in [-0.1, -0.05) is 63.9 Å². The Bertz CT molecular complexity index is 1200. The fourth-order valence-corrected chi connectivity index (χ4v) is 5.38. The molecule has 2 aromatic carbocycles. The lowest BCUT2D eigenvalue weighted by molar-refractivity contribution is -0.139. The summed E-state index contributed by atoms with van der Waals surface area (Å²) in [5.74, 6) is -1.43. The number of nitrogens with one attached hydrogen (secondary N) is 1. The fourth-order valence-electron chi connectivity index (χ4n) is 4.53. The van der Waals surface area contributed by atoms with Gasteiger partial charge in [0.15, 0.2) is 0 Å². The smallest absolute Gasteiger partial charge is 0.244 e. The van der Waals surface area contributed by atoms with Crippen LogP contribution in [0.3, 0.4) is 0 Å². The molecule has 1 fully saturated rings. The Hall–Kier alpha value is -2.94. The second-order valence-electron chi connectivity index (χ2n) is 10.8. The molecule has 0 heterocycles. The van der Waals surface area contributed by atoms with E-state index in [4.69, 9.17) is 0 Å². The third-order valence-corrected chi connectivity index (χ3v) is 8.01. The summed E-state index contributed by atoms with van der Waals surface area (Å²) < 4.78 is 41.0. The van der Waals surface area contributed by atoms with E-state index in [0.717, 1.165) is 41.8 Å². The number of benzene rings is 2. The lowest BCUT2D eigenvalue weighted by Gasteiger charge is -2.32. The predicted octanol–water partition coefficient (Wildman–Crippen LogP) is 4.37. The van der Waals surface area contributed by atoms with Crippen LogP contribution in [-0.2, 0) is 31.6 Å². The van der Waals surface area contributed by atoms with E-state index in [9.17, 15) is 22.4 Å². The van der Waals surface area contributed by atoms with Crippen molar-refractivity contribution < 1.29 is 22.4 Å². The summed E-state index contributed by atoms with van der Waals surface area (Å²) in [6, 6.07) is 12.2. The summed E-state index contributed by atoms with van der Waals surface area (Å²) in [6.45, 7) is 7.08. The highest BCUT2D eigenvalue weighted by atomic mass is 32.2. The largest absolute Gasteiger partial charge is 0.352 e. The first-order valence-corrected chi connectivity index (χ1v) is 14.5. The van der Waals surface area contributed by atoms with Crippen molar-refractivity contribution in [2.24, 2.45) is 0 Å². The highest BCUT2D eigenvalue weighted by Gasteiger charge is 2.32. The maximum atomic E-state index is 14.5. The van der Waals surface area contributed by atoms with Crippen molar-refractivity contribution in [2.75, 3.05) is 17.1 Å². The maximum Gasteiger partial charge on any atom is 0.244 e. The van der Waals surface area contributed by atoms with Gasteiger partial charge in [0, 0.05) is 18.2 Å². The number of carbonyl (C=O) groups excluding carboxylic acids is 2. The molecular weight excluding hydrogens is 493 g/mol. The van der Waals surface area contributed by atoms with E-state index in [0.29, 0.717) is 5.69 Å². The van der Waals surface area contributed by atoms with Crippen LogP contribution in [0.1, 0.15) is 64.5 Å². The van der Waals surface area contributed by atoms with Crippen LogP contribution >= 0.6 is 0 Å². The van der Waals surface area contributed by atoms with E-state index >= 15 is 0 Å². The number of amides is 2. The van der Waals surface area contributed by atoms with Crippen molar-refractivity contribution in [3.63, 3.8) is 0 Å². The zero-order valence-corrected chi connectivity index (χ0v) is 23.1. The van der Waals surface area contributed by atoms with E-state index in [1.165, 1.54) is 11.0 Å². The van der Waals surface area contributed by atoms with Crippen molar-refractivity contribution in [3.05, 3.63) is 65.5 Å². The molecule has 7 nitrogen and oxygen atoms in total. The van der Waals surface area contributed by atoms with Crippen LogP contribution in [-0.4, -0.2) is 50.0 Å². The average Bonchev–Trinajstić information content (AvgIpc) is 3.33. The molecule has 37 heavy (non-hydrogen) atoms. The monoisotopic (exact) mass is 531 g/mol. The minimum atomic E-state index is -3.83. The second-order valence-corrected chi connectivity index (χ2v) is 12.8. The van der Waals surface area contributed by atoms with Crippen molar-refractivity contribution in [2.45, 2.75) is 77.4 Å². The zero-order valence-electron chi connectivity index (χ0n) is 22.3. The standard InChI is InChI=1S/C28H38FN3O4S/c1-20(27(34)30-23-11-7-8-12-23)31(18-21-10-6-9-13-25(21)29)26(33)19-32(37(5,35)36)24-16-14-22(15-17-24)28(2,3)4/h6,9-10,13-17,20,23H,7-8,11-12,18-19H2,1-5H3,(H,30,34). The lowest BCUT2D eigenvalue weighted by Crippen LogP contribution is -2.52. The van der Waals surface area contributed by atoms with Gasteiger partial charge in [-0.25, -0.2) is 12.8 Å². The Labute approximate surface area is 220 Å². The summed E-state index contributed by atoms with van der Waals surface area (Å²) in [5, 5.41) is 2.99. The molecule has 0 aliphatic heterocycles. The Kier molecular flexibility index (Phi) is 9.00. The summed E-state index contributed by atoms with van der Waals surface area (Å²) in [4.78, 5) is 27.9. The first kappa shape index (κ1) is 28.6. The molecule has 1 N–H and O–H groups in total. The third-order valence-electron chi connectivity index (χ3n) is 6.87. The summed E-state index contributed by atoms with van der Waals surface area (Å²) >= 11 is 0. The number of halogens is 1. The highest BCUT2D eigenvalue weighted by Crippen LogP contribution is 2.26. The van der Waals surface area contributed by atoms with E-state index in [-0.39, 0.29) is 29.5 Å². The molecule has 1 atom stereocenters. The van der Waals surface area contributed by atoms with Gasteiger partial charge in [-0.3, -0.25) is 13.9 Å². The number of rotatable bonds is 9. The molecule has 1 aliphatic carbocycles. The zero-order chi connectivity index (χ0) is 27.4. The predicted molar refractivity (Wildman–Crippen MR) is 144 cm³/mol. The van der Waals surface area contributed by atoms with E-state index in [1.54, 1.807) is 37.3 Å². The third kappa shape index (κ3) is 7.53. The molecule has 0 radical (unpaired) electrons. The topological polar surface area (TPSA) is 86.8 Å². The number of carbonyl (C=O) groups is 2. The number of nitrogens with zero attached hydrogens (tertiary/aromatic N) is 2. The quantitative estimate of drug-likeness (QED) is 0.521. The molecule has 202 valence electrons. The summed E-state index contributed by atoms with van der Waals surface area (Å²) in [6.07, 6.45) is 4.87. The summed E-state index contributed by atoms with van der Waals surface area (Å²) in [7, 11) is -3.83. The highest BCUT2D eigenvalue weighted by molar-refractivity contribution is 7.92. The van der Waals surface area contributed by atoms with Crippen LogP contribution < -0.4 is 9.62 Å². The molecule has 1 unspecified atom stereocenters. The van der Waals surface area contributed by atoms with E-state index < -0.39 is 34.3 Å². The first-order chi connectivity index (χ1) is 17.3. The van der Waals surface area contributed by atoms with Gasteiger partial charge in [-0.05, 0) is 48.9 Å². The van der Waals surface area contributed by atoms with Crippen LogP contribution in [0.5, 0.6) is 0 Å². The molecule has 1 saturated carbocycles. The number of sulfonamides is 1. The second kappa shape index (κ2) is 11.6. The molecule has 0 saturated heterocycles. The minimum Gasteiger partial charge on any atom is -0.352 e. The van der Waals surface area contributed by atoms with Crippen LogP contribution in [0.2, 0.25) is 0 Å². The van der Waals surface area contributed by atoms with Gasteiger partial charge in [0.1, 0.15) is 18.4 Å². The molecule has 9 heteroatoms. The van der Waals surface area contributed by atoms with Gasteiger partial charge in [0.25, 0.3) is 0 Å². The minimum absolute atomic E-state index is 0.0502. The van der Waals surface area contributed by atoms with Crippen LogP contribution in [0.15, 0.2) is 48.5 Å². The van der Waals surface area contributed by atoms with E-state index in [1.807, 2.05) is 12.1 Å². The van der Waals surface area contributed by atoms with Crippen LogP contribution in [0, 0.1) is 5.82 Å². The maximum absolute atomic E-state index is 14.5. The van der Waals surface area contributed by atoms with Gasteiger partial charge in [-0.15, -0.1) is 0 Å². The Morgan fingerprint density at radius 2 is 1.65 bits per heavy atom. The van der Waals surface area contributed by atoms with Gasteiger partial charge < -0.3 is 10.2 Å². The molecule has 0 aromatic heterocycles. The Balaban J connectivity index is 1.89. The molecule has 2 amide bonds.